The molecule has 0 aromatic heterocycles. The van der Waals surface area contributed by atoms with Crippen molar-refractivity contribution in [1.82, 2.24) is 0 Å². The molecule has 2 saturated heterocycles. The van der Waals surface area contributed by atoms with E-state index >= 15 is 0 Å². The number of rotatable bonds is 2. The molecule has 4 aliphatic carbocycles. The van der Waals surface area contributed by atoms with Gasteiger partial charge in [0.2, 0.25) is 0 Å². The Kier molecular flexibility index (Phi) is 4.30. The van der Waals surface area contributed by atoms with E-state index in [9.17, 15) is 0 Å². The predicted octanol–water partition coefficient (Wildman–Crippen LogP) is 5.90. The Morgan fingerprint density at radius 1 is 0.933 bits per heavy atom. The van der Waals surface area contributed by atoms with Gasteiger partial charge in [0.15, 0.2) is 6.29 Å². The van der Waals surface area contributed by atoms with Gasteiger partial charge in [-0.3, -0.25) is 0 Å². The van der Waals surface area contributed by atoms with Crippen LogP contribution in [0.3, 0.4) is 0 Å². The van der Waals surface area contributed by atoms with Gasteiger partial charge in [0.25, 0.3) is 0 Å². The van der Waals surface area contributed by atoms with Crippen LogP contribution in [-0.4, -0.2) is 31.7 Å². The standard InChI is InChI=1S/C27H40O3/c1-16(24-28-14-25(2,3)15-29-24)19-9-10-20-18-8-6-17-7-11-22-23(30-22)27(17,5)21(18)12-13-26(19,20)4/h6,8,16,19-24H,7,9-15H2,1-5H3/t16?,19-,20+,21+,22+,23+,26-,27+/m1/s1. The molecule has 30 heavy (non-hydrogen) atoms. The molecule has 0 amide bonds. The lowest BCUT2D eigenvalue weighted by atomic mass is 9.50. The van der Waals surface area contributed by atoms with Gasteiger partial charge in [-0.1, -0.05) is 57.9 Å². The van der Waals surface area contributed by atoms with E-state index in [1.807, 2.05) is 0 Å². The van der Waals surface area contributed by atoms with Gasteiger partial charge >= 0.3 is 0 Å². The van der Waals surface area contributed by atoms with Gasteiger partial charge < -0.3 is 14.2 Å². The molecule has 0 N–H and O–H groups in total. The second-order valence-corrected chi connectivity index (χ2v) is 12.6. The highest BCUT2D eigenvalue weighted by Gasteiger charge is 2.64. The maximum atomic E-state index is 6.24. The van der Waals surface area contributed by atoms with Crippen molar-refractivity contribution in [1.29, 1.82) is 0 Å². The predicted molar refractivity (Wildman–Crippen MR) is 118 cm³/mol. The van der Waals surface area contributed by atoms with E-state index in [0.29, 0.717) is 35.4 Å². The summed E-state index contributed by atoms with van der Waals surface area (Å²) in [6.45, 7) is 13.6. The van der Waals surface area contributed by atoms with E-state index in [4.69, 9.17) is 14.2 Å². The summed E-state index contributed by atoms with van der Waals surface area (Å²) in [5, 5.41) is 0. The average molecular weight is 413 g/mol. The van der Waals surface area contributed by atoms with Gasteiger partial charge in [-0.25, -0.2) is 0 Å². The Labute approximate surface area is 182 Å². The SMILES string of the molecule is CC(C1OCC(C)(C)CO1)[C@H]1CC[C@H]2C3=CC=C4CC[C@@H]5O[C@@H]5[C@]4(C)[C@H]3CC[C@]12C. The summed E-state index contributed by atoms with van der Waals surface area (Å²) in [5.41, 5.74) is 4.22. The molecule has 6 rings (SSSR count). The fourth-order valence-corrected chi connectivity index (χ4v) is 8.50. The zero-order valence-electron chi connectivity index (χ0n) is 19.6. The lowest BCUT2D eigenvalue weighted by molar-refractivity contribution is -0.252. The number of epoxide rings is 1. The molecule has 0 aromatic carbocycles. The Morgan fingerprint density at radius 2 is 1.70 bits per heavy atom. The molecule has 166 valence electrons. The molecule has 2 aliphatic heterocycles. The Hall–Kier alpha value is -0.640. The normalized spacial score (nSPS) is 50.4. The second kappa shape index (κ2) is 6.45. The monoisotopic (exact) mass is 412 g/mol. The van der Waals surface area contributed by atoms with Crippen LogP contribution in [0, 0.1) is 39.9 Å². The lowest BCUT2D eigenvalue weighted by Crippen LogP contribution is -2.49. The molecule has 3 nitrogen and oxygen atoms in total. The Bertz CT molecular complexity index is 786. The molecule has 3 saturated carbocycles. The fraction of sp³-hybridized carbons (Fsp3) is 0.852. The van der Waals surface area contributed by atoms with Crippen molar-refractivity contribution in [2.75, 3.05) is 13.2 Å². The van der Waals surface area contributed by atoms with Crippen LogP contribution < -0.4 is 0 Å². The zero-order chi connectivity index (χ0) is 20.9. The van der Waals surface area contributed by atoms with E-state index in [0.717, 1.165) is 19.1 Å². The van der Waals surface area contributed by atoms with Crippen molar-refractivity contribution >= 4 is 0 Å². The lowest BCUT2D eigenvalue weighted by Gasteiger charge is -2.54. The molecule has 1 unspecified atom stereocenters. The van der Waals surface area contributed by atoms with Crippen molar-refractivity contribution in [3.05, 3.63) is 23.3 Å². The van der Waals surface area contributed by atoms with Gasteiger partial charge in [-0.15, -0.1) is 0 Å². The van der Waals surface area contributed by atoms with E-state index in [1.54, 1.807) is 11.1 Å². The minimum Gasteiger partial charge on any atom is -0.369 e. The first-order valence-electron chi connectivity index (χ1n) is 12.5. The van der Waals surface area contributed by atoms with E-state index in [-0.39, 0.29) is 17.1 Å². The fourth-order valence-electron chi connectivity index (χ4n) is 8.50. The Balaban J connectivity index is 1.25. The Morgan fingerprint density at radius 3 is 2.47 bits per heavy atom. The molecule has 5 fully saturated rings. The van der Waals surface area contributed by atoms with Gasteiger partial charge in [-0.05, 0) is 61.7 Å². The highest BCUT2D eigenvalue weighted by Crippen LogP contribution is 2.68. The molecule has 6 aliphatic rings. The number of fused-ring (bicyclic) bond motifs is 7. The summed E-state index contributed by atoms with van der Waals surface area (Å²) in [4.78, 5) is 0. The number of ether oxygens (including phenoxy) is 3. The van der Waals surface area contributed by atoms with Crippen molar-refractivity contribution in [2.24, 2.45) is 39.9 Å². The maximum absolute atomic E-state index is 6.24. The maximum Gasteiger partial charge on any atom is 0.160 e. The van der Waals surface area contributed by atoms with Crippen molar-refractivity contribution in [3.63, 3.8) is 0 Å². The van der Waals surface area contributed by atoms with E-state index in [2.05, 4.69) is 46.8 Å². The van der Waals surface area contributed by atoms with Crippen LogP contribution in [0.1, 0.15) is 73.1 Å². The quantitative estimate of drug-likeness (QED) is 0.529. The minimum atomic E-state index is -0.0281. The molecule has 0 bridgehead atoms. The van der Waals surface area contributed by atoms with Crippen LogP contribution in [0.15, 0.2) is 23.3 Å². The number of hydrogen-bond donors (Lipinski definition) is 0. The van der Waals surface area contributed by atoms with Gasteiger partial charge in [0.05, 0.1) is 25.4 Å². The molecule has 0 radical (unpaired) electrons. The van der Waals surface area contributed by atoms with Gasteiger partial charge in [0.1, 0.15) is 0 Å². The summed E-state index contributed by atoms with van der Waals surface area (Å²) < 4.78 is 18.7. The highest BCUT2D eigenvalue weighted by molar-refractivity contribution is 5.41. The van der Waals surface area contributed by atoms with Crippen LogP contribution >= 0.6 is 0 Å². The smallest absolute Gasteiger partial charge is 0.160 e. The van der Waals surface area contributed by atoms with Crippen LogP contribution in [0.4, 0.5) is 0 Å². The molecular formula is C27H40O3. The molecule has 3 heteroatoms. The first-order chi connectivity index (χ1) is 14.2. The van der Waals surface area contributed by atoms with Crippen LogP contribution in [0.2, 0.25) is 0 Å². The van der Waals surface area contributed by atoms with Crippen LogP contribution in [0.5, 0.6) is 0 Å². The minimum absolute atomic E-state index is 0.0281. The van der Waals surface area contributed by atoms with Crippen LogP contribution in [-0.2, 0) is 14.2 Å². The molecule has 0 aromatic rings. The number of hydrogen-bond acceptors (Lipinski definition) is 3. The summed E-state index contributed by atoms with van der Waals surface area (Å²) >= 11 is 0. The summed E-state index contributed by atoms with van der Waals surface area (Å²) in [6, 6.07) is 0. The van der Waals surface area contributed by atoms with Crippen molar-refractivity contribution in [3.8, 4) is 0 Å². The second-order valence-electron chi connectivity index (χ2n) is 12.6. The topological polar surface area (TPSA) is 31.0 Å². The first-order valence-corrected chi connectivity index (χ1v) is 12.5. The van der Waals surface area contributed by atoms with E-state index < -0.39 is 0 Å². The zero-order valence-corrected chi connectivity index (χ0v) is 19.6. The summed E-state index contributed by atoms with van der Waals surface area (Å²) in [6.07, 6.45) is 13.8. The average Bonchev–Trinajstić information content (AvgIpc) is 3.42. The molecule has 0 spiro atoms. The third-order valence-electron chi connectivity index (χ3n) is 10.3. The van der Waals surface area contributed by atoms with E-state index in [1.165, 1.54) is 38.5 Å². The summed E-state index contributed by atoms with van der Waals surface area (Å²) in [5.74, 6) is 2.56. The third-order valence-corrected chi connectivity index (χ3v) is 10.3. The summed E-state index contributed by atoms with van der Waals surface area (Å²) in [7, 11) is 0. The third kappa shape index (κ3) is 2.67. The van der Waals surface area contributed by atoms with Gasteiger partial charge in [0, 0.05) is 16.7 Å². The van der Waals surface area contributed by atoms with Crippen LogP contribution in [0.25, 0.3) is 0 Å². The van der Waals surface area contributed by atoms with Crippen molar-refractivity contribution < 1.29 is 14.2 Å². The molecular weight excluding hydrogens is 372 g/mol. The highest BCUT2D eigenvalue weighted by atomic mass is 16.7. The first kappa shape index (κ1) is 20.0. The number of allylic oxidation sites excluding steroid dienone is 3. The van der Waals surface area contributed by atoms with Crippen molar-refractivity contribution in [2.45, 2.75) is 91.6 Å². The molecule has 2 heterocycles. The van der Waals surface area contributed by atoms with Gasteiger partial charge in [-0.2, -0.15) is 0 Å². The largest absolute Gasteiger partial charge is 0.369 e. The molecule has 8 atom stereocenters.